The number of aromatic nitrogens is 3. The summed E-state index contributed by atoms with van der Waals surface area (Å²) in [5.74, 6) is -0.781. The predicted octanol–water partition coefficient (Wildman–Crippen LogP) is 0.134. The third-order valence-corrected chi connectivity index (χ3v) is 5.36. The number of carboxylic acid groups (broad SMARTS) is 1. The number of carbonyl (C=O) groups is 1. The van der Waals surface area contributed by atoms with Crippen molar-refractivity contribution in [3.8, 4) is 6.01 Å². The molecule has 0 saturated heterocycles. The Balaban J connectivity index is 0.00000245. The minimum Gasteiger partial charge on any atom is -0.545 e. The van der Waals surface area contributed by atoms with Gasteiger partial charge in [0.05, 0.1) is 35.7 Å². The Hall–Kier alpha value is -3.13. The maximum absolute atomic E-state index is 11.7. The molecule has 0 aliphatic heterocycles. The molecule has 0 spiro atoms. The van der Waals surface area contributed by atoms with Crippen LogP contribution >= 0.6 is 0 Å². The number of nitrogen functional groups attached to an aromatic ring is 1. The molecule has 0 aliphatic rings. The number of ether oxygens (including phenoxy) is 1. The van der Waals surface area contributed by atoms with Crippen molar-refractivity contribution < 1.29 is 44.2 Å². The van der Waals surface area contributed by atoms with Gasteiger partial charge in [0.2, 0.25) is 0 Å². The Kier molecular flexibility index (Phi) is 6.06. The zero-order chi connectivity index (χ0) is 21.5. The SMILES string of the molecule is CCOc1nc2cccc(C(=O)[O-])c2n1Cc1ccc2c(c1)nc(N)c1ccccc12.[Na+]. The number of imidazole rings is 1. The molecule has 154 valence electrons. The normalized spacial score (nSPS) is 11.0. The maximum Gasteiger partial charge on any atom is 1.00 e. The van der Waals surface area contributed by atoms with Crippen LogP contribution in [-0.4, -0.2) is 27.1 Å². The number of para-hydroxylation sites is 1. The molecule has 0 fully saturated rings. The van der Waals surface area contributed by atoms with Crippen LogP contribution in [0.2, 0.25) is 0 Å². The number of rotatable bonds is 5. The molecule has 3 aromatic carbocycles. The molecule has 0 aliphatic carbocycles. The Bertz CT molecular complexity index is 1480. The largest absolute Gasteiger partial charge is 1.00 e. The summed E-state index contributed by atoms with van der Waals surface area (Å²) in [7, 11) is 0. The summed E-state index contributed by atoms with van der Waals surface area (Å²) in [5, 5.41) is 14.7. The molecule has 0 radical (unpaired) electrons. The molecule has 2 N–H and O–H groups in total. The smallest absolute Gasteiger partial charge is 0.545 e. The Morgan fingerprint density at radius 1 is 1.00 bits per heavy atom. The summed E-state index contributed by atoms with van der Waals surface area (Å²) < 4.78 is 7.46. The molecule has 2 aromatic heterocycles. The molecule has 0 saturated carbocycles. The van der Waals surface area contributed by atoms with E-state index in [2.05, 4.69) is 9.97 Å². The van der Waals surface area contributed by atoms with Gasteiger partial charge >= 0.3 is 29.6 Å². The molecule has 0 amide bonds. The van der Waals surface area contributed by atoms with E-state index < -0.39 is 5.97 Å². The zero-order valence-electron chi connectivity index (χ0n) is 17.8. The van der Waals surface area contributed by atoms with Gasteiger partial charge in [0.25, 0.3) is 6.01 Å². The number of pyridine rings is 1. The van der Waals surface area contributed by atoms with E-state index in [1.165, 1.54) is 6.07 Å². The Labute approximate surface area is 206 Å². The fourth-order valence-electron chi connectivity index (χ4n) is 4.02. The van der Waals surface area contributed by atoms with E-state index in [4.69, 9.17) is 10.5 Å². The van der Waals surface area contributed by atoms with E-state index >= 15 is 0 Å². The molecule has 7 nitrogen and oxygen atoms in total. The van der Waals surface area contributed by atoms with Crippen LogP contribution in [0.3, 0.4) is 0 Å². The summed E-state index contributed by atoms with van der Waals surface area (Å²) in [6, 6.07) is 19.1. The van der Waals surface area contributed by atoms with Crippen molar-refractivity contribution in [1.29, 1.82) is 0 Å². The molecule has 2 heterocycles. The number of carboxylic acids is 1. The molecule has 5 aromatic rings. The number of nitrogens with two attached hydrogens (primary N) is 1. The number of anilines is 1. The van der Waals surface area contributed by atoms with E-state index in [1.54, 1.807) is 16.7 Å². The summed E-state index contributed by atoms with van der Waals surface area (Å²) in [4.78, 5) is 20.8. The Morgan fingerprint density at radius 2 is 1.78 bits per heavy atom. The van der Waals surface area contributed by atoms with Crippen molar-refractivity contribution >= 4 is 44.5 Å². The molecular weight excluding hydrogens is 415 g/mol. The average Bonchev–Trinajstić information content (AvgIpc) is 3.11. The van der Waals surface area contributed by atoms with Gasteiger partial charge < -0.3 is 20.4 Å². The topological polar surface area (TPSA) is 106 Å². The van der Waals surface area contributed by atoms with Crippen molar-refractivity contribution in [3.63, 3.8) is 0 Å². The summed E-state index contributed by atoms with van der Waals surface area (Å²) in [5.41, 5.74) is 8.96. The van der Waals surface area contributed by atoms with Gasteiger partial charge in [-0.1, -0.05) is 48.5 Å². The molecule has 0 unspecified atom stereocenters. The fraction of sp³-hybridized carbons (Fsp3) is 0.125. The number of hydrogen-bond acceptors (Lipinski definition) is 6. The first-order chi connectivity index (χ1) is 15.1. The number of benzene rings is 3. The first-order valence-electron chi connectivity index (χ1n) is 9.97. The monoisotopic (exact) mass is 434 g/mol. The maximum atomic E-state index is 11.7. The van der Waals surface area contributed by atoms with Crippen molar-refractivity contribution in [2.24, 2.45) is 0 Å². The van der Waals surface area contributed by atoms with Crippen LogP contribution in [0.1, 0.15) is 22.8 Å². The average molecular weight is 434 g/mol. The molecule has 32 heavy (non-hydrogen) atoms. The molecule has 8 heteroatoms. The number of hydrogen-bond donors (Lipinski definition) is 1. The van der Waals surface area contributed by atoms with Crippen molar-refractivity contribution in [3.05, 3.63) is 71.8 Å². The number of nitrogens with zero attached hydrogens (tertiary/aromatic N) is 3. The van der Waals surface area contributed by atoms with Crippen LogP contribution in [0, 0.1) is 0 Å². The van der Waals surface area contributed by atoms with Gasteiger partial charge in [0.15, 0.2) is 0 Å². The van der Waals surface area contributed by atoms with E-state index in [0.717, 1.165) is 27.2 Å². The number of fused-ring (bicyclic) bond motifs is 4. The third kappa shape index (κ3) is 3.68. The first-order valence-corrected chi connectivity index (χ1v) is 9.97. The van der Waals surface area contributed by atoms with Crippen LogP contribution in [0.5, 0.6) is 6.01 Å². The second-order valence-electron chi connectivity index (χ2n) is 7.27. The van der Waals surface area contributed by atoms with Gasteiger partial charge in [0, 0.05) is 16.3 Å². The van der Waals surface area contributed by atoms with Gasteiger partial charge in [-0.3, -0.25) is 4.57 Å². The van der Waals surface area contributed by atoms with E-state index in [0.29, 0.717) is 36.0 Å². The third-order valence-electron chi connectivity index (χ3n) is 5.36. The standard InChI is InChI=1S/C24H20N4O3.Na/c1-2-31-24-27-19-9-5-8-18(23(29)30)21(19)28(24)13-14-10-11-16-15-6-3-4-7-17(15)22(25)26-20(16)12-14;/h3-12H,2,13H2,1H3,(H2,25,26)(H,29,30);/q;+1/p-1. The molecular formula is C24H19N4NaO3. The molecule has 5 rings (SSSR count). The van der Waals surface area contributed by atoms with E-state index in [9.17, 15) is 9.90 Å². The van der Waals surface area contributed by atoms with Crippen LogP contribution < -0.4 is 45.1 Å². The summed E-state index contributed by atoms with van der Waals surface area (Å²) in [6.07, 6.45) is 0. The van der Waals surface area contributed by atoms with Gasteiger partial charge in [-0.05, 0) is 30.0 Å². The number of carbonyl (C=O) groups excluding carboxylic acids is 1. The van der Waals surface area contributed by atoms with Crippen LogP contribution in [-0.2, 0) is 6.54 Å². The van der Waals surface area contributed by atoms with E-state index in [1.807, 2.05) is 49.4 Å². The minimum absolute atomic E-state index is 0. The summed E-state index contributed by atoms with van der Waals surface area (Å²) in [6.45, 7) is 2.63. The second kappa shape index (κ2) is 8.78. The van der Waals surface area contributed by atoms with Gasteiger partial charge in [-0.2, -0.15) is 4.98 Å². The van der Waals surface area contributed by atoms with Crippen molar-refractivity contribution in [2.75, 3.05) is 12.3 Å². The Morgan fingerprint density at radius 3 is 2.53 bits per heavy atom. The van der Waals surface area contributed by atoms with Crippen molar-refractivity contribution in [2.45, 2.75) is 13.5 Å². The first kappa shape index (κ1) is 22.1. The second-order valence-corrected chi connectivity index (χ2v) is 7.27. The predicted molar refractivity (Wildman–Crippen MR) is 118 cm³/mol. The van der Waals surface area contributed by atoms with Gasteiger partial charge in [-0.25, -0.2) is 4.98 Å². The fourth-order valence-corrected chi connectivity index (χ4v) is 4.02. The van der Waals surface area contributed by atoms with Gasteiger partial charge in [-0.15, -0.1) is 0 Å². The van der Waals surface area contributed by atoms with Gasteiger partial charge in [0.1, 0.15) is 5.82 Å². The molecule has 0 bridgehead atoms. The zero-order valence-corrected chi connectivity index (χ0v) is 19.8. The van der Waals surface area contributed by atoms with E-state index in [-0.39, 0.29) is 35.1 Å². The van der Waals surface area contributed by atoms with Crippen LogP contribution in [0.4, 0.5) is 5.82 Å². The van der Waals surface area contributed by atoms with Crippen molar-refractivity contribution in [1.82, 2.24) is 14.5 Å². The summed E-state index contributed by atoms with van der Waals surface area (Å²) >= 11 is 0. The van der Waals surface area contributed by atoms with Crippen LogP contribution in [0.25, 0.3) is 32.7 Å². The minimum atomic E-state index is -1.26. The number of aromatic carboxylic acids is 1. The van der Waals surface area contributed by atoms with Crippen LogP contribution in [0.15, 0.2) is 60.7 Å². The molecule has 0 atom stereocenters. The quantitative estimate of drug-likeness (QED) is 0.312.